The van der Waals surface area contributed by atoms with Gasteiger partial charge in [0.1, 0.15) is 5.75 Å². The van der Waals surface area contributed by atoms with Crippen molar-refractivity contribution in [1.29, 1.82) is 0 Å². The van der Waals surface area contributed by atoms with Gasteiger partial charge in [-0.05, 0) is 94.1 Å². The number of aromatic carboxylic acids is 1. The Labute approximate surface area is 338 Å². The molecule has 8 heteroatoms. The van der Waals surface area contributed by atoms with Crippen LogP contribution in [0.3, 0.4) is 0 Å². The van der Waals surface area contributed by atoms with Gasteiger partial charge in [0.25, 0.3) is 0 Å². The van der Waals surface area contributed by atoms with Crippen molar-refractivity contribution in [3.8, 4) is 5.75 Å². The summed E-state index contributed by atoms with van der Waals surface area (Å²) in [5.74, 6) is -0.515. The summed E-state index contributed by atoms with van der Waals surface area (Å²) < 4.78 is 11.6. The summed E-state index contributed by atoms with van der Waals surface area (Å²) in [6, 6.07) is 5.18. The maximum atomic E-state index is 12.4. The molecule has 0 amide bonds. The number of ether oxygens (including phenoxy) is 2. The number of aliphatic hydroxyl groups is 2. The van der Waals surface area contributed by atoms with Crippen LogP contribution in [-0.2, 0) is 16.0 Å². The van der Waals surface area contributed by atoms with Gasteiger partial charge in [-0.3, -0.25) is 4.79 Å². The number of hydrogen-bond donors (Lipinski definition) is 3. The lowest BCUT2D eigenvalue weighted by Gasteiger charge is -2.45. The minimum Gasteiger partial charge on any atom is -0.493 e. The Hall–Kier alpha value is -2.35. The summed E-state index contributed by atoms with van der Waals surface area (Å²) >= 11 is 6.65. The first-order chi connectivity index (χ1) is 26.7. The minimum atomic E-state index is -0.979. The number of carboxylic acids is 1. The average Bonchev–Trinajstić information content (AvgIpc) is 3.42. The number of hydrogen-bond acceptors (Lipinski definition) is 6. The van der Waals surface area contributed by atoms with Gasteiger partial charge in [-0.15, -0.1) is 11.6 Å². The first-order valence-corrected chi connectivity index (χ1v) is 22.6. The second kappa shape index (κ2) is 27.3. The molecule has 0 aromatic heterocycles. The average molecular weight is 788 g/mol. The molecule has 2 saturated carbocycles. The molecule has 1 aromatic rings. The second-order valence-corrected chi connectivity index (χ2v) is 17.0. The molecule has 0 heterocycles. The van der Waals surface area contributed by atoms with Crippen LogP contribution in [0.5, 0.6) is 5.75 Å². The van der Waals surface area contributed by atoms with Crippen LogP contribution >= 0.6 is 11.6 Å². The van der Waals surface area contributed by atoms with Crippen LogP contribution in [0.15, 0.2) is 42.5 Å². The van der Waals surface area contributed by atoms with E-state index in [1.54, 1.807) is 12.1 Å². The lowest BCUT2D eigenvalue weighted by molar-refractivity contribution is -0.143. The third-order valence-corrected chi connectivity index (χ3v) is 12.9. The highest BCUT2D eigenvalue weighted by molar-refractivity contribution is 6.21. The van der Waals surface area contributed by atoms with E-state index < -0.39 is 12.1 Å². The molecule has 0 spiro atoms. The van der Waals surface area contributed by atoms with Gasteiger partial charge < -0.3 is 24.8 Å². The van der Waals surface area contributed by atoms with E-state index >= 15 is 0 Å². The summed E-state index contributed by atoms with van der Waals surface area (Å²) in [5.41, 5.74) is 0.971. The van der Waals surface area contributed by atoms with Gasteiger partial charge in [-0.2, -0.15) is 0 Å². The maximum Gasteiger partial charge on any atom is 0.336 e. The van der Waals surface area contributed by atoms with E-state index in [-0.39, 0.29) is 46.9 Å². The Kier molecular flexibility index (Phi) is 23.4. The minimum absolute atomic E-state index is 0.0255. The molecule has 5 atom stereocenters. The summed E-state index contributed by atoms with van der Waals surface area (Å²) in [5, 5.41) is 31.1. The van der Waals surface area contributed by atoms with Crippen molar-refractivity contribution < 1.29 is 34.4 Å². The molecule has 3 N–H and O–H groups in total. The molecule has 2 aliphatic carbocycles. The summed E-state index contributed by atoms with van der Waals surface area (Å²) in [4.78, 5) is 24.4. The van der Waals surface area contributed by atoms with E-state index in [9.17, 15) is 24.9 Å². The quantitative estimate of drug-likeness (QED) is 0.0297. The number of esters is 1. The van der Waals surface area contributed by atoms with E-state index in [4.69, 9.17) is 21.1 Å². The van der Waals surface area contributed by atoms with E-state index in [0.29, 0.717) is 56.4 Å². The number of benzene rings is 1. The Balaban J connectivity index is 1.28. The molecule has 312 valence electrons. The van der Waals surface area contributed by atoms with Crippen LogP contribution < -0.4 is 4.74 Å². The van der Waals surface area contributed by atoms with Crippen LogP contribution in [0, 0.1) is 17.3 Å². The molecule has 0 aliphatic heterocycles. The Morgan fingerprint density at radius 2 is 1.56 bits per heavy atom. The third kappa shape index (κ3) is 17.0. The molecule has 3 rings (SSSR count). The van der Waals surface area contributed by atoms with E-state index in [2.05, 4.69) is 32.1 Å². The van der Waals surface area contributed by atoms with Crippen molar-refractivity contribution >= 4 is 23.5 Å². The zero-order chi connectivity index (χ0) is 39.7. The van der Waals surface area contributed by atoms with Crippen LogP contribution in [0.4, 0.5) is 0 Å². The number of alkyl halides is 1. The zero-order valence-electron chi connectivity index (χ0n) is 34.4. The van der Waals surface area contributed by atoms with Gasteiger partial charge in [0.15, 0.2) is 0 Å². The molecular formula is C47H75ClO7. The standard InChI is InChI=1S/C47H75ClO7/c1-3-5-6-7-8-9-10-11-12-13-14-17-20-34-54-43-29-21-27-40(46(52)53)39(43)28-23-35-55-45(51)31-19-16-15-18-25-37-38(42(49)36-41(37)48)26-22-30-44(50)47(4-2)32-24-33-47/h15,18,21-22,26-27,29,37-38,41-42,44,49-50H,3-14,16-17,19-20,23-25,28,30-36H2,1-2H3,(H,52,53)/t37-,38-,41-,42-,44+/m1/s1. The van der Waals surface area contributed by atoms with Gasteiger partial charge in [0.2, 0.25) is 0 Å². The number of unbranched alkanes of at least 4 members (excludes halogenated alkanes) is 13. The number of halogens is 1. The molecule has 55 heavy (non-hydrogen) atoms. The largest absolute Gasteiger partial charge is 0.493 e. The Bertz CT molecular complexity index is 1270. The normalized spacial score (nSPS) is 21.3. The fraction of sp³-hybridized carbons (Fsp3) is 0.745. The van der Waals surface area contributed by atoms with Crippen LogP contribution in [0.1, 0.15) is 184 Å². The van der Waals surface area contributed by atoms with Crippen molar-refractivity contribution in [3.63, 3.8) is 0 Å². The Morgan fingerprint density at radius 1 is 0.891 bits per heavy atom. The number of carboxylic acid groups (broad SMARTS) is 1. The van der Waals surface area contributed by atoms with Gasteiger partial charge in [0, 0.05) is 23.3 Å². The summed E-state index contributed by atoms with van der Waals surface area (Å²) in [6.07, 6.45) is 33.3. The summed E-state index contributed by atoms with van der Waals surface area (Å²) in [6.45, 7) is 5.22. The molecule has 0 unspecified atom stereocenters. The molecular weight excluding hydrogens is 712 g/mol. The van der Waals surface area contributed by atoms with Gasteiger partial charge in [0.05, 0.1) is 31.0 Å². The van der Waals surface area contributed by atoms with Gasteiger partial charge in [-0.1, -0.05) is 128 Å². The maximum absolute atomic E-state index is 12.4. The molecule has 0 radical (unpaired) electrons. The van der Waals surface area contributed by atoms with Crippen molar-refractivity contribution in [2.24, 2.45) is 17.3 Å². The summed E-state index contributed by atoms with van der Waals surface area (Å²) in [7, 11) is 0. The van der Waals surface area contributed by atoms with Gasteiger partial charge in [-0.25, -0.2) is 4.79 Å². The molecule has 0 bridgehead atoms. The first-order valence-electron chi connectivity index (χ1n) is 22.2. The fourth-order valence-electron chi connectivity index (χ4n) is 8.54. The number of aliphatic hydroxyl groups excluding tert-OH is 2. The molecule has 7 nitrogen and oxygen atoms in total. The fourth-order valence-corrected chi connectivity index (χ4v) is 8.99. The van der Waals surface area contributed by atoms with Crippen LogP contribution in [0.2, 0.25) is 0 Å². The third-order valence-electron chi connectivity index (χ3n) is 12.4. The van der Waals surface area contributed by atoms with E-state index in [0.717, 1.165) is 44.9 Å². The highest BCUT2D eigenvalue weighted by Crippen LogP contribution is 2.48. The topological polar surface area (TPSA) is 113 Å². The predicted molar refractivity (Wildman–Crippen MR) is 225 cm³/mol. The number of carbonyl (C=O) groups excluding carboxylic acids is 1. The molecule has 2 aliphatic rings. The number of carbonyl (C=O) groups is 2. The van der Waals surface area contributed by atoms with Crippen LogP contribution in [-0.4, -0.2) is 58.1 Å². The number of allylic oxidation sites excluding steroid dienone is 2. The monoisotopic (exact) mass is 787 g/mol. The smallest absolute Gasteiger partial charge is 0.336 e. The van der Waals surface area contributed by atoms with Crippen LogP contribution in [0.25, 0.3) is 0 Å². The van der Waals surface area contributed by atoms with Crippen molar-refractivity contribution in [2.45, 2.75) is 192 Å². The van der Waals surface area contributed by atoms with Gasteiger partial charge >= 0.3 is 11.9 Å². The first kappa shape index (κ1) is 47.0. The van der Waals surface area contributed by atoms with Crippen molar-refractivity contribution in [1.82, 2.24) is 0 Å². The Morgan fingerprint density at radius 3 is 2.18 bits per heavy atom. The van der Waals surface area contributed by atoms with Crippen molar-refractivity contribution in [2.75, 3.05) is 13.2 Å². The SMILES string of the molecule is CCCCCCCCCCCCCCCOc1cccc(C(=O)O)c1CCCOC(=O)CCCC=CC[C@@H]1[C@@H](C=CC[C@H](O)C2(CC)CCC2)[C@H](O)C[C@H]1Cl. The van der Waals surface area contributed by atoms with E-state index in [1.807, 2.05) is 12.1 Å². The van der Waals surface area contributed by atoms with Crippen molar-refractivity contribution in [3.05, 3.63) is 53.6 Å². The lowest BCUT2D eigenvalue weighted by atomic mass is 9.63. The number of rotatable bonds is 31. The highest BCUT2D eigenvalue weighted by Gasteiger charge is 2.42. The molecule has 2 fully saturated rings. The molecule has 1 aromatic carbocycles. The predicted octanol–water partition coefficient (Wildman–Crippen LogP) is 11.9. The molecule has 0 saturated heterocycles. The second-order valence-electron chi connectivity index (χ2n) is 16.4. The van der Waals surface area contributed by atoms with E-state index in [1.165, 1.54) is 77.0 Å². The lowest BCUT2D eigenvalue weighted by Crippen LogP contribution is -2.40. The highest BCUT2D eigenvalue weighted by atomic mass is 35.5. The zero-order valence-corrected chi connectivity index (χ0v) is 35.1.